The van der Waals surface area contributed by atoms with Gasteiger partial charge in [-0.3, -0.25) is 0 Å². The zero-order valence-corrected chi connectivity index (χ0v) is 25.0. The van der Waals surface area contributed by atoms with Crippen LogP contribution in [-0.4, -0.2) is 4.98 Å². The Morgan fingerprint density at radius 2 is 1.16 bits per heavy atom. The van der Waals surface area contributed by atoms with E-state index in [-0.39, 0.29) is 0 Å². The molecular weight excluding hydrogens is 569 g/mol. The van der Waals surface area contributed by atoms with Crippen molar-refractivity contribution in [3.63, 3.8) is 0 Å². The van der Waals surface area contributed by atoms with E-state index in [2.05, 4.69) is 132 Å². The van der Waals surface area contributed by atoms with Gasteiger partial charge in [0.2, 0.25) is 5.89 Å². The van der Waals surface area contributed by atoms with E-state index in [1.54, 1.807) is 0 Å². The van der Waals surface area contributed by atoms with Crippen molar-refractivity contribution in [2.75, 3.05) is 4.90 Å². The molecule has 0 spiro atoms. The highest BCUT2D eigenvalue weighted by molar-refractivity contribution is 7.25. The maximum Gasteiger partial charge on any atom is 0.227 e. The van der Waals surface area contributed by atoms with Crippen molar-refractivity contribution in [3.05, 3.63) is 158 Å². The Kier molecular flexibility index (Phi) is 6.00. The molecule has 7 aromatic carbocycles. The van der Waals surface area contributed by atoms with Crippen molar-refractivity contribution in [2.24, 2.45) is 0 Å². The zero-order valence-electron chi connectivity index (χ0n) is 24.2. The van der Waals surface area contributed by atoms with Gasteiger partial charge in [0, 0.05) is 47.8 Å². The summed E-state index contributed by atoms with van der Waals surface area (Å²) in [6.45, 7) is 0. The van der Waals surface area contributed by atoms with E-state index >= 15 is 0 Å². The second kappa shape index (κ2) is 10.5. The van der Waals surface area contributed by atoms with E-state index in [4.69, 9.17) is 9.40 Å². The maximum absolute atomic E-state index is 6.47. The van der Waals surface area contributed by atoms with Gasteiger partial charge < -0.3 is 9.32 Å². The fraction of sp³-hybridized carbons (Fsp3) is 0. The smallest absolute Gasteiger partial charge is 0.227 e. The van der Waals surface area contributed by atoms with Crippen LogP contribution in [0.4, 0.5) is 17.1 Å². The monoisotopic (exact) mass is 594 g/mol. The minimum Gasteiger partial charge on any atom is -0.435 e. The van der Waals surface area contributed by atoms with Crippen molar-refractivity contribution >= 4 is 70.4 Å². The third-order valence-electron chi connectivity index (χ3n) is 8.50. The highest BCUT2D eigenvalue weighted by Gasteiger charge is 2.21. The van der Waals surface area contributed by atoms with Gasteiger partial charge >= 0.3 is 0 Å². The number of benzene rings is 7. The topological polar surface area (TPSA) is 29.3 Å². The molecule has 45 heavy (non-hydrogen) atoms. The van der Waals surface area contributed by atoms with Gasteiger partial charge in [0.1, 0.15) is 5.52 Å². The molecule has 9 aromatic rings. The Morgan fingerprint density at radius 1 is 0.489 bits per heavy atom. The first-order valence-electron chi connectivity index (χ1n) is 15.1. The van der Waals surface area contributed by atoms with E-state index in [1.165, 1.54) is 31.3 Å². The number of nitrogens with zero attached hydrogens (tertiary/aromatic N) is 2. The summed E-state index contributed by atoms with van der Waals surface area (Å²) >= 11 is 1.84. The van der Waals surface area contributed by atoms with Crippen LogP contribution >= 0.6 is 11.3 Å². The van der Waals surface area contributed by atoms with Gasteiger partial charge in [-0.1, -0.05) is 103 Å². The number of hydrogen-bond acceptors (Lipinski definition) is 4. The lowest BCUT2D eigenvalue weighted by Gasteiger charge is -2.29. The van der Waals surface area contributed by atoms with Crippen LogP contribution in [0.25, 0.3) is 64.6 Å². The molecule has 0 radical (unpaired) electrons. The first kappa shape index (κ1) is 25.8. The summed E-state index contributed by atoms with van der Waals surface area (Å²) in [5.41, 5.74) is 8.24. The van der Waals surface area contributed by atoms with Crippen molar-refractivity contribution in [3.8, 4) is 22.6 Å². The highest BCUT2D eigenvalue weighted by Crippen LogP contribution is 2.46. The molecule has 0 bridgehead atoms. The van der Waals surface area contributed by atoms with E-state index in [0.717, 1.165) is 44.5 Å². The summed E-state index contributed by atoms with van der Waals surface area (Å²) < 4.78 is 9.03. The fourth-order valence-electron chi connectivity index (χ4n) is 6.42. The third-order valence-corrected chi connectivity index (χ3v) is 9.63. The van der Waals surface area contributed by atoms with Crippen LogP contribution in [0.5, 0.6) is 0 Å². The minimum atomic E-state index is 0.630. The number of hydrogen-bond donors (Lipinski definition) is 0. The van der Waals surface area contributed by atoms with Crippen LogP contribution in [0, 0.1) is 0 Å². The van der Waals surface area contributed by atoms with Gasteiger partial charge in [0.25, 0.3) is 0 Å². The van der Waals surface area contributed by atoms with Crippen molar-refractivity contribution in [1.82, 2.24) is 4.98 Å². The Balaban J connectivity index is 1.31. The number of anilines is 3. The fourth-order valence-corrected chi connectivity index (χ4v) is 7.56. The average Bonchev–Trinajstić information content (AvgIpc) is 3.72. The molecule has 2 aromatic heterocycles. The Labute approximate surface area is 264 Å². The molecule has 0 atom stereocenters. The molecule has 0 aliphatic heterocycles. The van der Waals surface area contributed by atoms with Crippen molar-refractivity contribution in [1.29, 1.82) is 0 Å². The van der Waals surface area contributed by atoms with Crippen LogP contribution in [-0.2, 0) is 0 Å². The predicted octanol–water partition coefficient (Wildman–Crippen LogP) is 12.2. The van der Waals surface area contributed by atoms with Crippen LogP contribution in [0.3, 0.4) is 0 Å². The molecule has 0 aliphatic carbocycles. The lowest BCUT2D eigenvalue weighted by Crippen LogP contribution is -2.11. The molecule has 3 nitrogen and oxygen atoms in total. The van der Waals surface area contributed by atoms with Gasteiger partial charge in [-0.15, -0.1) is 11.3 Å². The molecule has 0 unspecified atom stereocenters. The molecule has 0 N–H and O–H groups in total. The number of oxazole rings is 1. The number of rotatable bonds is 5. The first-order chi connectivity index (χ1) is 22.3. The molecular formula is C41H26N2OS. The number of para-hydroxylation sites is 1. The second-order valence-electron chi connectivity index (χ2n) is 11.2. The van der Waals surface area contributed by atoms with E-state index in [0.29, 0.717) is 5.89 Å². The van der Waals surface area contributed by atoms with Gasteiger partial charge in [-0.2, -0.15) is 0 Å². The Bertz CT molecular complexity index is 2500. The largest absolute Gasteiger partial charge is 0.435 e. The van der Waals surface area contributed by atoms with E-state index in [1.807, 2.05) is 41.7 Å². The normalized spacial score (nSPS) is 11.6. The number of aromatic nitrogens is 1. The van der Waals surface area contributed by atoms with Crippen LogP contribution < -0.4 is 4.90 Å². The molecule has 0 saturated carbocycles. The summed E-state index contributed by atoms with van der Waals surface area (Å²) in [7, 11) is 0. The van der Waals surface area contributed by atoms with Crippen LogP contribution in [0.1, 0.15) is 0 Å². The number of thiophene rings is 1. The van der Waals surface area contributed by atoms with Gasteiger partial charge in [0.05, 0.1) is 11.4 Å². The summed E-state index contributed by atoms with van der Waals surface area (Å²) in [6.07, 6.45) is 0. The quantitative estimate of drug-likeness (QED) is 0.198. The zero-order chi connectivity index (χ0) is 29.7. The predicted molar refractivity (Wildman–Crippen MR) is 190 cm³/mol. The second-order valence-corrected chi connectivity index (χ2v) is 12.3. The average molecular weight is 595 g/mol. The minimum absolute atomic E-state index is 0.630. The van der Waals surface area contributed by atoms with Crippen molar-refractivity contribution in [2.45, 2.75) is 0 Å². The SMILES string of the molecule is c1ccc(-c2nc3ccc4c(N(c5ccc6c(c5)sc5ccccc56)c5ccccc5-c5ccccc5)cccc4c3o2)cc1. The van der Waals surface area contributed by atoms with Gasteiger partial charge in [0.15, 0.2) is 5.58 Å². The van der Waals surface area contributed by atoms with Gasteiger partial charge in [-0.25, -0.2) is 4.98 Å². The standard InChI is InChI=1S/C41H26N2OS/c1-3-12-27(13-4-1)30-16-7-9-19-36(30)43(29-22-23-33-32-17-8-10-21-38(32)45-39(33)26-29)37-20-11-18-34-31(37)24-25-35-40(34)44-41(42-35)28-14-5-2-6-15-28/h1-26H. The number of fused-ring (bicyclic) bond motifs is 6. The van der Waals surface area contributed by atoms with Crippen molar-refractivity contribution < 1.29 is 4.42 Å². The summed E-state index contributed by atoms with van der Waals surface area (Å²) in [5, 5.41) is 4.71. The molecule has 0 fully saturated rings. The molecule has 0 saturated heterocycles. The lowest BCUT2D eigenvalue weighted by molar-refractivity contribution is 0.623. The molecule has 4 heteroatoms. The molecule has 2 heterocycles. The van der Waals surface area contributed by atoms with Crippen LogP contribution in [0.15, 0.2) is 162 Å². The summed E-state index contributed by atoms with van der Waals surface area (Å²) in [5.74, 6) is 0.630. The highest BCUT2D eigenvalue weighted by atomic mass is 32.1. The Hall–Kier alpha value is -5.71. The first-order valence-corrected chi connectivity index (χ1v) is 15.9. The third kappa shape index (κ3) is 4.30. The van der Waals surface area contributed by atoms with E-state index < -0.39 is 0 Å². The maximum atomic E-state index is 6.47. The van der Waals surface area contributed by atoms with Gasteiger partial charge in [-0.05, 0) is 60.2 Å². The Morgan fingerprint density at radius 3 is 2.02 bits per heavy atom. The lowest BCUT2D eigenvalue weighted by atomic mass is 10.00. The van der Waals surface area contributed by atoms with E-state index in [9.17, 15) is 0 Å². The summed E-state index contributed by atoms with van der Waals surface area (Å²) in [6, 6.07) is 55.6. The molecule has 0 aliphatic rings. The molecule has 212 valence electrons. The van der Waals surface area contributed by atoms with Crippen LogP contribution in [0.2, 0.25) is 0 Å². The molecule has 0 amide bonds. The molecule has 9 rings (SSSR count). The summed E-state index contributed by atoms with van der Waals surface area (Å²) in [4.78, 5) is 7.25.